The number of hydrogen-bond acceptors (Lipinski definition) is 3. The van der Waals surface area contributed by atoms with Gasteiger partial charge in [0.1, 0.15) is 6.61 Å². The molecular weight excluding hydrogens is 117 g/mol. The molecule has 0 aromatic rings. The molecule has 0 saturated heterocycles. The van der Waals surface area contributed by atoms with Gasteiger partial charge in [0, 0.05) is 0 Å². The van der Waals surface area contributed by atoms with E-state index in [-0.39, 0.29) is 29.6 Å². The van der Waals surface area contributed by atoms with E-state index in [2.05, 4.69) is 10.2 Å². The van der Waals surface area contributed by atoms with Gasteiger partial charge in [-0.25, -0.2) is 0 Å². The van der Waals surface area contributed by atoms with Crippen molar-refractivity contribution < 1.29 is 34.4 Å². The van der Waals surface area contributed by atoms with Crippen molar-refractivity contribution in [3.8, 4) is 0 Å². The molecule has 42 valence electrons. The molecule has 8 heavy (non-hydrogen) atoms. The topological polar surface area (TPSA) is 38.7 Å². The van der Waals surface area contributed by atoms with E-state index in [0.717, 1.165) is 12.8 Å². The molecule has 0 spiro atoms. The van der Waals surface area contributed by atoms with Crippen LogP contribution >= 0.6 is 0 Å². The van der Waals surface area contributed by atoms with Crippen LogP contribution in [-0.4, -0.2) is 6.61 Å². The summed E-state index contributed by atoms with van der Waals surface area (Å²) in [6, 6.07) is 0. The molecule has 0 saturated carbocycles. The van der Waals surface area contributed by atoms with Crippen LogP contribution in [0.15, 0.2) is 5.34 Å². The zero-order valence-corrected chi connectivity index (χ0v) is 7.39. The smallest absolute Gasteiger partial charge is 0.364 e. The minimum Gasteiger partial charge on any atom is -0.364 e. The maximum Gasteiger partial charge on any atom is 1.00 e. The van der Waals surface area contributed by atoms with E-state index in [1.54, 1.807) is 0 Å². The van der Waals surface area contributed by atoms with Gasteiger partial charge in [-0.3, -0.25) is 0 Å². The maximum atomic E-state index is 9.21. The average Bonchev–Trinajstić information content (AvgIpc) is 1.69. The standard InChI is InChI=1S/C4H9NO2.Na/c1-2-3-4-7-5-6;/h2-4H2,1H3;/q;+1. The average molecular weight is 126 g/mol. The van der Waals surface area contributed by atoms with E-state index in [4.69, 9.17) is 0 Å². The van der Waals surface area contributed by atoms with Crippen LogP contribution in [0.5, 0.6) is 0 Å². The van der Waals surface area contributed by atoms with Gasteiger partial charge in [0.05, 0.1) is 0 Å². The fourth-order valence-electron chi connectivity index (χ4n) is 0.246. The van der Waals surface area contributed by atoms with Crippen molar-refractivity contribution >= 4 is 0 Å². The first-order valence-electron chi connectivity index (χ1n) is 2.36. The molecule has 0 N–H and O–H groups in total. The summed E-state index contributed by atoms with van der Waals surface area (Å²) < 4.78 is 0. The Morgan fingerprint density at radius 1 is 1.62 bits per heavy atom. The molecule has 0 aliphatic heterocycles. The van der Waals surface area contributed by atoms with E-state index < -0.39 is 0 Å². The molecule has 0 bridgehead atoms. The second-order valence-electron chi connectivity index (χ2n) is 1.26. The summed E-state index contributed by atoms with van der Waals surface area (Å²) >= 11 is 0. The van der Waals surface area contributed by atoms with Crippen LogP contribution in [0.4, 0.5) is 0 Å². The number of nitrogens with zero attached hydrogens (tertiary/aromatic N) is 1. The van der Waals surface area contributed by atoms with Crippen molar-refractivity contribution in [3.63, 3.8) is 0 Å². The van der Waals surface area contributed by atoms with E-state index >= 15 is 0 Å². The first-order valence-corrected chi connectivity index (χ1v) is 2.36. The van der Waals surface area contributed by atoms with E-state index in [9.17, 15) is 4.91 Å². The molecule has 0 aliphatic carbocycles. The van der Waals surface area contributed by atoms with Gasteiger partial charge in [0.15, 0.2) is 5.34 Å². The number of unbranched alkanes of at least 4 members (excludes halogenated alkanes) is 1. The van der Waals surface area contributed by atoms with E-state index in [1.807, 2.05) is 6.92 Å². The summed E-state index contributed by atoms with van der Waals surface area (Å²) in [6.07, 6.45) is 1.95. The molecular formula is C4H9NNaO2+. The Kier molecular flexibility index (Phi) is 14.6. The van der Waals surface area contributed by atoms with Crippen LogP contribution in [-0.2, 0) is 4.84 Å². The molecule has 0 amide bonds. The Hall–Kier alpha value is 0.400. The van der Waals surface area contributed by atoms with Crippen LogP contribution in [0.3, 0.4) is 0 Å². The van der Waals surface area contributed by atoms with Crippen molar-refractivity contribution in [2.75, 3.05) is 6.61 Å². The second kappa shape index (κ2) is 10.4. The first-order chi connectivity index (χ1) is 3.41. The zero-order chi connectivity index (χ0) is 5.54. The van der Waals surface area contributed by atoms with Gasteiger partial charge in [-0.15, -0.1) is 4.91 Å². The molecule has 0 aliphatic rings. The SMILES string of the molecule is CCCCON=O.[Na+]. The first kappa shape index (κ1) is 11.2. The Morgan fingerprint density at radius 3 is 2.62 bits per heavy atom. The Labute approximate surface area is 71.0 Å². The maximum absolute atomic E-state index is 9.21. The van der Waals surface area contributed by atoms with Crippen molar-refractivity contribution in [2.45, 2.75) is 19.8 Å². The summed E-state index contributed by atoms with van der Waals surface area (Å²) in [4.78, 5) is 13.4. The molecule has 0 rings (SSSR count). The molecule has 3 nitrogen and oxygen atoms in total. The molecule has 0 aromatic carbocycles. The Bertz CT molecular complexity index is 51.3. The summed E-state index contributed by atoms with van der Waals surface area (Å²) in [7, 11) is 0. The van der Waals surface area contributed by atoms with Gasteiger partial charge in [-0.1, -0.05) is 13.3 Å². The van der Waals surface area contributed by atoms with Crippen LogP contribution in [0.25, 0.3) is 0 Å². The minimum atomic E-state index is 0. The normalized spacial score (nSPS) is 7.12. The van der Waals surface area contributed by atoms with Gasteiger partial charge < -0.3 is 4.84 Å². The second-order valence-corrected chi connectivity index (χ2v) is 1.26. The van der Waals surface area contributed by atoms with Crippen LogP contribution in [0.1, 0.15) is 19.8 Å². The predicted molar refractivity (Wildman–Crippen MR) is 26.7 cm³/mol. The summed E-state index contributed by atoms with van der Waals surface area (Å²) in [6.45, 7) is 2.48. The molecule has 0 atom stereocenters. The quantitative estimate of drug-likeness (QED) is 0.199. The Balaban J connectivity index is 0. The predicted octanol–water partition coefficient (Wildman–Crippen LogP) is -1.51. The van der Waals surface area contributed by atoms with Gasteiger partial charge in [0.25, 0.3) is 0 Å². The van der Waals surface area contributed by atoms with Crippen LogP contribution < -0.4 is 29.6 Å². The van der Waals surface area contributed by atoms with Gasteiger partial charge in [-0.05, 0) is 6.42 Å². The summed E-state index contributed by atoms with van der Waals surface area (Å²) in [5, 5.41) is 2.22. The molecule has 4 heteroatoms. The van der Waals surface area contributed by atoms with Gasteiger partial charge >= 0.3 is 29.6 Å². The third-order valence-electron chi connectivity index (χ3n) is 0.642. The number of hydrogen-bond donors (Lipinski definition) is 0. The largest absolute Gasteiger partial charge is 1.00 e. The third kappa shape index (κ3) is 9.64. The third-order valence-corrected chi connectivity index (χ3v) is 0.642. The fourth-order valence-corrected chi connectivity index (χ4v) is 0.246. The van der Waals surface area contributed by atoms with Crippen molar-refractivity contribution in [1.82, 2.24) is 0 Å². The van der Waals surface area contributed by atoms with Crippen molar-refractivity contribution in [2.24, 2.45) is 5.34 Å². The summed E-state index contributed by atoms with van der Waals surface area (Å²) in [5.74, 6) is 0. The van der Waals surface area contributed by atoms with Gasteiger partial charge in [-0.2, -0.15) is 0 Å². The van der Waals surface area contributed by atoms with E-state index in [0.29, 0.717) is 6.61 Å². The van der Waals surface area contributed by atoms with E-state index in [1.165, 1.54) is 0 Å². The molecule has 0 unspecified atom stereocenters. The Morgan fingerprint density at radius 2 is 2.25 bits per heavy atom. The number of rotatable bonds is 4. The monoisotopic (exact) mass is 126 g/mol. The molecule has 0 fully saturated rings. The molecule has 0 heterocycles. The fraction of sp³-hybridized carbons (Fsp3) is 1.00. The molecule has 0 radical (unpaired) electrons. The minimum absolute atomic E-state index is 0. The zero-order valence-electron chi connectivity index (χ0n) is 5.39. The van der Waals surface area contributed by atoms with Crippen molar-refractivity contribution in [3.05, 3.63) is 4.91 Å². The molecule has 0 aromatic heterocycles. The van der Waals surface area contributed by atoms with Crippen LogP contribution in [0, 0.1) is 4.91 Å². The van der Waals surface area contributed by atoms with Crippen LogP contribution in [0.2, 0.25) is 0 Å². The van der Waals surface area contributed by atoms with Gasteiger partial charge in [0.2, 0.25) is 0 Å². The van der Waals surface area contributed by atoms with Crippen molar-refractivity contribution in [1.29, 1.82) is 0 Å². The summed E-state index contributed by atoms with van der Waals surface area (Å²) in [5.41, 5.74) is 0.